The predicted octanol–water partition coefficient (Wildman–Crippen LogP) is 0.128. The van der Waals surface area contributed by atoms with E-state index in [2.05, 4.69) is 5.32 Å². The predicted molar refractivity (Wildman–Crippen MR) is 48.5 cm³/mol. The van der Waals surface area contributed by atoms with Gasteiger partial charge in [-0.25, -0.2) is 13.1 Å². The lowest BCUT2D eigenvalue weighted by Gasteiger charge is -2.22. The van der Waals surface area contributed by atoms with Gasteiger partial charge in [-0.2, -0.15) is 8.78 Å². The maximum atomic E-state index is 11.9. The van der Waals surface area contributed by atoms with E-state index in [0.717, 1.165) is 25.9 Å². The van der Waals surface area contributed by atoms with E-state index in [0.29, 0.717) is 0 Å². The number of hydrogen-bond acceptors (Lipinski definition) is 3. The molecule has 0 amide bonds. The minimum atomic E-state index is -4.40. The Morgan fingerprint density at radius 2 is 1.93 bits per heavy atom. The van der Waals surface area contributed by atoms with Crippen LogP contribution in [0.2, 0.25) is 0 Å². The third-order valence-electron chi connectivity index (χ3n) is 2.27. The molecule has 0 bridgehead atoms. The van der Waals surface area contributed by atoms with Crippen LogP contribution < -0.4 is 10.0 Å². The number of sulfonamides is 1. The van der Waals surface area contributed by atoms with Gasteiger partial charge in [-0.3, -0.25) is 0 Å². The Morgan fingerprint density at radius 1 is 1.36 bits per heavy atom. The minimum Gasteiger partial charge on any atom is -0.317 e. The molecule has 0 atom stereocenters. The van der Waals surface area contributed by atoms with Gasteiger partial charge in [-0.05, 0) is 31.8 Å². The number of alkyl halides is 2. The van der Waals surface area contributed by atoms with Crippen LogP contribution in [0, 0.1) is 5.92 Å². The zero-order valence-corrected chi connectivity index (χ0v) is 8.49. The van der Waals surface area contributed by atoms with Gasteiger partial charge >= 0.3 is 5.76 Å². The fourth-order valence-electron chi connectivity index (χ4n) is 1.38. The molecular formula is C7H14F2N2O2S. The van der Waals surface area contributed by atoms with Gasteiger partial charge in [-0.15, -0.1) is 0 Å². The molecule has 84 valence electrons. The molecule has 1 aliphatic heterocycles. The van der Waals surface area contributed by atoms with Crippen LogP contribution in [0.4, 0.5) is 8.78 Å². The summed E-state index contributed by atoms with van der Waals surface area (Å²) in [5, 5.41) is 3.11. The van der Waals surface area contributed by atoms with Gasteiger partial charge in [-0.1, -0.05) is 0 Å². The van der Waals surface area contributed by atoms with Crippen LogP contribution in [0.5, 0.6) is 0 Å². The molecule has 0 radical (unpaired) electrons. The number of rotatable bonds is 4. The molecule has 14 heavy (non-hydrogen) atoms. The molecule has 0 spiro atoms. The highest BCUT2D eigenvalue weighted by Gasteiger charge is 2.24. The van der Waals surface area contributed by atoms with Crippen molar-refractivity contribution in [3.8, 4) is 0 Å². The summed E-state index contributed by atoms with van der Waals surface area (Å²) in [5.74, 6) is -3.16. The summed E-state index contributed by atoms with van der Waals surface area (Å²) in [5.41, 5.74) is 0. The van der Waals surface area contributed by atoms with Crippen LogP contribution >= 0.6 is 0 Å². The van der Waals surface area contributed by atoms with Crippen molar-refractivity contribution in [3.05, 3.63) is 0 Å². The Balaban J connectivity index is 2.32. The average molecular weight is 228 g/mol. The summed E-state index contributed by atoms with van der Waals surface area (Å²) in [6.07, 6.45) is 1.65. The summed E-state index contributed by atoms with van der Waals surface area (Å²) in [6, 6.07) is 0. The van der Waals surface area contributed by atoms with Crippen LogP contribution in [0.3, 0.4) is 0 Å². The molecule has 1 heterocycles. The van der Waals surface area contributed by atoms with E-state index in [1.165, 1.54) is 0 Å². The van der Waals surface area contributed by atoms with Gasteiger partial charge in [0.05, 0.1) is 0 Å². The Labute approximate surface area is 82.1 Å². The SMILES string of the molecule is O=S(=O)(NCC1CCNCC1)C(F)F. The van der Waals surface area contributed by atoms with Gasteiger partial charge in [0.15, 0.2) is 0 Å². The first-order chi connectivity index (χ1) is 6.52. The van der Waals surface area contributed by atoms with E-state index in [9.17, 15) is 17.2 Å². The highest BCUT2D eigenvalue weighted by atomic mass is 32.2. The van der Waals surface area contributed by atoms with Crippen LogP contribution in [-0.2, 0) is 10.0 Å². The van der Waals surface area contributed by atoms with Crippen molar-refractivity contribution in [3.63, 3.8) is 0 Å². The number of hydrogen-bond donors (Lipinski definition) is 2. The Kier molecular flexibility index (Phi) is 4.21. The maximum absolute atomic E-state index is 11.9. The zero-order chi connectivity index (χ0) is 10.6. The van der Waals surface area contributed by atoms with Crippen molar-refractivity contribution >= 4 is 10.0 Å². The number of nitrogens with one attached hydrogen (secondary N) is 2. The fourth-order valence-corrected chi connectivity index (χ4v) is 1.98. The highest BCUT2D eigenvalue weighted by Crippen LogP contribution is 2.11. The van der Waals surface area contributed by atoms with E-state index in [-0.39, 0.29) is 12.5 Å². The molecule has 7 heteroatoms. The normalized spacial score (nSPS) is 20.2. The smallest absolute Gasteiger partial charge is 0.317 e. The van der Waals surface area contributed by atoms with Crippen molar-refractivity contribution in [2.45, 2.75) is 18.6 Å². The summed E-state index contributed by atoms with van der Waals surface area (Å²) < 4.78 is 47.1. The Bertz CT molecular complexity index is 263. The average Bonchev–Trinajstić information content (AvgIpc) is 2.16. The first kappa shape index (κ1) is 11.8. The van der Waals surface area contributed by atoms with Crippen LogP contribution in [-0.4, -0.2) is 33.8 Å². The summed E-state index contributed by atoms with van der Waals surface area (Å²) in [7, 11) is -4.40. The second-order valence-electron chi connectivity index (χ2n) is 3.35. The van der Waals surface area contributed by atoms with E-state index >= 15 is 0 Å². The van der Waals surface area contributed by atoms with E-state index in [4.69, 9.17) is 0 Å². The van der Waals surface area contributed by atoms with Crippen LogP contribution in [0.15, 0.2) is 0 Å². The van der Waals surface area contributed by atoms with E-state index in [1.807, 2.05) is 4.72 Å². The molecule has 1 fully saturated rings. The maximum Gasteiger partial charge on any atom is 0.350 e. The number of piperidine rings is 1. The van der Waals surface area contributed by atoms with Crippen LogP contribution in [0.25, 0.3) is 0 Å². The Hall–Kier alpha value is -0.270. The molecule has 0 aromatic carbocycles. The third-order valence-corrected chi connectivity index (χ3v) is 3.30. The monoisotopic (exact) mass is 228 g/mol. The minimum absolute atomic E-state index is 0.119. The third kappa shape index (κ3) is 3.47. The second kappa shape index (κ2) is 4.99. The van der Waals surface area contributed by atoms with Crippen LogP contribution in [0.1, 0.15) is 12.8 Å². The standard InChI is InChI=1S/C7H14F2N2O2S/c8-7(9)14(12,13)11-5-6-1-3-10-4-2-6/h6-7,10-11H,1-5H2. The zero-order valence-electron chi connectivity index (χ0n) is 7.67. The first-order valence-electron chi connectivity index (χ1n) is 4.50. The van der Waals surface area contributed by atoms with Crippen molar-refractivity contribution in [2.75, 3.05) is 19.6 Å². The molecule has 1 rings (SSSR count). The summed E-state index contributed by atoms with van der Waals surface area (Å²) >= 11 is 0. The summed E-state index contributed by atoms with van der Waals surface area (Å²) in [6.45, 7) is 1.76. The molecular weight excluding hydrogens is 214 g/mol. The Morgan fingerprint density at radius 3 is 2.43 bits per heavy atom. The first-order valence-corrected chi connectivity index (χ1v) is 6.04. The molecule has 0 unspecified atom stereocenters. The topological polar surface area (TPSA) is 58.2 Å². The van der Waals surface area contributed by atoms with Gasteiger partial charge < -0.3 is 5.32 Å². The second-order valence-corrected chi connectivity index (χ2v) is 5.08. The highest BCUT2D eigenvalue weighted by molar-refractivity contribution is 7.89. The van der Waals surface area contributed by atoms with Crippen molar-refractivity contribution in [2.24, 2.45) is 5.92 Å². The molecule has 0 aliphatic carbocycles. The van der Waals surface area contributed by atoms with Crippen molar-refractivity contribution < 1.29 is 17.2 Å². The van der Waals surface area contributed by atoms with Crippen molar-refractivity contribution in [1.82, 2.24) is 10.0 Å². The van der Waals surface area contributed by atoms with Crippen molar-refractivity contribution in [1.29, 1.82) is 0 Å². The van der Waals surface area contributed by atoms with Gasteiger partial charge in [0.25, 0.3) is 10.0 Å². The number of halogens is 2. The van der Waals surface area contributed by atoms with E-state index in [1.54, 1.807) is 0 Å². The van der Waals surface area contributed by atoms with Gasteiger partial charge in [0, 0.05) is 6.54 Å². The molecule has 1 aliphatic rings. The lowest BCUT2D eigenvalue weighted by molar-refractivity contribution is 0.231. The lowest BCUT2D eigenvalue weighted by atomic mass is 9.99. The largest absolute Gasteiger partial charge is 0.350 e. The molecule has 4 nitrogen and oxygen atoms in total. The fraction of sp³-hybridized carbons (Fsp3) is 1.00. The van der Waals surface area contributed by atoms with Gasteiger partial charge in [0.2, 0.25) is 0 Å². The molecule has 0 saturated carbocycles. The summed E-state index contributed by atoms with van der Waals surface area (Å²) in [4.78, 5) is 0. The molecule has 1 saturated heterocycles. The van der Waals surface area contributed by atoms with E-state index < -0.39 is 15.8 Å². The quantitative estimate of drug-likeness (QED) is 0.719. The molecule has 0 aromatic rings. The molecule has 0 aromatic heterocycles. The lowest BCUT2D eigenvalue weighted by Crippen LogP contribution is -2.37. The van der Waals surface area contributed by atoms with Gasteiger partial charge in [0.1, 0.15) is 0 Å². The molecule has 2 N–H and O–H groups in total.